The van der Waals surface area contributed by atoms with Crippen molar-refractivity contribution in [1.82, 2.24) is 4.57 Å². The van der Waals surface area contributed by atoms with Crippen LogP contribution in [0.4, 0.5) is 0 Å². The molecule has 0 radical (unpaired) electrons. The molecule has 1 atom stereocenters. The van der Waals surface area contributed by atoms with E-state index in [1.54, 1.807) is 12.3 Å². The molecule has 0 saturated carbocycles. The summed E-state index contributed by atoms with van der Waals surface area (Å²) in [4.78, 5) is 12.8. The van der Waals surface area contributed by atoms with E-state index in [-0.39, 0.29) is 11.7 Å². The third kappa shape index (κ3) is 3.59. The Morgan fingerprint density at radius 1 is 1.17 bits per heavy atom. The molecule has 0 unspecified atom stereocenters. The van der Waals surface area contributed by atoms with E-state index in [9.17, 15) is 4.79 Å². The predicted molar refractivity (Wildman–Crippen MR) is 111 cm³/mol. The van der Waals surface area contributed by atoms with Crippen LogP contribution in [-0.4, -0.2) is 50.3 Å². The second kappa shape index (κ2) is 8.16. The second-order valence-electron chi connectivity index (χ2n) is 7.67. The van der Waals surface area contributed by atoms with Crippen LogP contribution in [0.2, 0.25) is 0 Å². The Morgan fingerprint density at radius 2 is 2.10 bits per heavy atom. The maximum atomic E-state index is 12.8. The van der Waals surface area contributed by atoms with Gasteiger partial charge in [0, 0.05) is 29.3 Å². The first-order valence-electron chi connectivity index (χ1n) is 10.4. The molecular formula is C23H25NO6. The van der Waals surface area contributed by atoms with Crippen molar-refractivity contribution in [3.8, 4) is 17.0 Å². The standard InChI is InChI=1S/C23H25NO6/c1-15-20(30-13-18-12-26-6-8-28-18)11-22(25)24-5-4-16-10-17(2-3-19(16)23(15)24)21-14-27-7-9-29-21/h2-3,10-11,14,18H,4-9,12-13H2,1H3/t18-/m0/s1. The van der Waals surface area contributed by atoms with Crippen molar-refractivity contribution in [3.05, 3.63) is 57.6 Å². The molecule has 1 fully saturated rings. The molecule has 30 heavy (non-hydrogen) atoms. The summed E-state index contributed by atoms with van der Waals surface area (Å²) in [7, 11) is 0. The van der Waals surface area contributed by atoms with E-state index in [1.165, 1.54) is 5.56 Å². The number of ether oxygens (including phenoxy) is 5. The fourth-order valence-corrected chi connectivity index (χ4v) is 4.20. The summed E-state index contributed by atoms with van der Waals surface area (Å²) in [6.07, 6.45) is 2.34. The lowest BCUT2D eigenvalue weighted by atomic mass is 9.92. The largest absolute Gasteiger partial charge is 0.494 e. The molecule has 158 valence electrons. The maximum absolute atomic E-state index is 12.8. The molecule has 3 aliphatic heterocycles. The number of hydrogen-bond donors (Lipinski definition) is 0. The second-order valence-corrected chi connectivity index (χ2v) is 7.67. The van der Waals surface area contributed by atoms with Crippen molar-refractivity contribution in [2.45, 2.75) is 26.0 Å². The molecule has 7 heteroatoms. The minimum atomic E-state index is -0.113. The van der Waals surface area contributed by atoms with Crippen LogP contribution >= 0.6 is 0 Å². The Morgan fingerprint density at radius 3 is 2.90 bits per heavy atom. The first-order valence-corrected chi connectivity index (χ1v) is 10.4. The molecule has 0 bridgehead atoms. The van der Waals surface area contributed by atoms with Gasteiger partial charge in [0.25, 0.3) is 5.56 Å². The average molecular weight is 411 g/mol. The minimum Gasteiger partial charge on any atom is -0.494 e. The maximum Gasteiger partial charge on any atom is 0.254 e. The summed E-state index contributed by atoms with van der Waals surface area (Å²) in [5, 5.41) is 0. The number of pyridine rings is 1. The van der Waals surface area contributed by atoms with Crippen LogP contribution in [0.25, 0.3) is 17.0 Å². The number of nitrogens with zero attached hydrogens (tertiary/aromatic N) is 1. The molecule has 4 heterocycles. The Kier molecular flexibility index (Phi) is 5.23. The van der Waals surface area contributed by atoms with Gasteiger partial charge in [-0.15, -0.1) is 0 Å². The Labute approximate surface area is 174 Å². The Balaban J connectivity index is 1.47. The van der Waals surface area contributed by atoms with Gasteiger partial charge in [-0.3, -0.25) is 4.79 Å². The van der Waals surface area contributed by atoms with Crippen molar-refractivity contribution in [2.24, 2.45) is 0 Å². The average Bonchev–Trinajstić information content (AvgIpc) is 2.80. The molecule has 0 amide bonds. The topological polar surface area (TPSA) is 68.2 Å². The number of benzene rings is 1. The summed E-state index contributed by atoms with van der Waals surface area (Å²) >= 11 is 0. The third-order valence-electron chi connectivity index (χ3n) is 5.72. The molecule has 3 aliphatic rings. The normalized spacial score (nSPS) is 20.3. The van der Waals surface area contributed by atoms with Gasteiger partial charge in [-0.05, 0) is 25.0 Å². The zero-order valence-corrected chi connectivity index (χ0v) is 17.0. The lowest BCUT2D eigenvalue weighted by molar-refractivity contribution is -0.101. The van der Waals surface area contributed by atoms with Crippen LogP contribution in [-0.2, 0) is 31.9 Å². The zero-order chi connectivity index (χ0) is 20.5. The number of aryl methyl sites for hydroxylation is 1. The zero-order valence-electron chi connectivity index (χ0n) is 17.0. The summed E-state index contributed by atoms with van der Waals surface area (Å²) in [6, 6.07) is 7.78. The highest BCUT2D eigenvalue weighted by Gasteiger charge is 2.24. The number of hydrogen-bond acceptors (Lipinski definition) is 6. The van der Waals surface area contributed by atoms with Gasteiger partial charge >= 0.3 is 0 Å². The highest BCUT2D eigenvalue weighted by molar-refractivity contribution is 5.74. The summed E-state index contributed by atoms with van der Waals surface area (Å²) in [5.41, 5.74) is 5.06. The number of rotatable bonds is 4. The summed E-state index contributed by atoms with van der Waals surface area (Å²) < 4.78 is 30.0. The van der Waals surface area contributed by atoms with Crippen LogP contribution in [0.3, 0.4) is 0 Å². The molecular weight excluding hydrogens is 386 g/mol. The van der Waals surface area contributed by atoms with E-state index in [1.807, 2.05) is 17.6 Å². The molecule has 0 spiro atoms. The highest BCUT2D eigenvalue weighted by atomic mass is 16.6. The molecule has 5 rings (SSSR count). The monoisotopic (exact) mass is 411 g/mol. The highest BCUT2D eigenvalue weighted by Crippen LogP contribution is 2.36. The van der Waals surface area contributed by atoms with Gasteiger partial charge < -0.3 is 28.3 Å². The van der Waals surface area contributed by atoms with Crippen LogP contribution < -0.4 is 10.3 Å². The van der Waals surface area contributed by atoms with E-state index in [0.29, 0.717) is 51.9 Å². The van der Waals surface area contributed by atoms with Crippen molar-refractivity contribution in [3.63, 3.8) is 0 Å². The first-order chi connectivity index (χ1) is 14.7. The minimum absolute atomic E-state index is 0.0483. The molecule has 0 aliphatic carbocycles. The molecule has 1 saturated heterocycles. The van der Waals surface area contributed by atoms with Gasteiger partial charge in [-0.2, -0.15) is 0 Å². The molecule has 7 nitrogen and oxygen atoms in total. The fraction of sp³-hybridized carbons (Fsp3) is 0.435. The smallest absolute Gasteiger partial charge is 0.254 e. The van der Waals surface area contributed by atoms with Crippen molar-refractivity contribution < 1.29 is 23.7 Å². The van der Waals surface area contributed by atoms with Crippen molar-refractivity contribution in [2.75, 3.05) is 39.6 Å². The van der Waals surface area contributed by atoms with Gasteiger partial charge in [0.05, 0.1) is 25.5 Å². The number of fused-ring (bicyclic) bond motifs is 3. The van der Waals surface area contributed by atoms with E-state index in [4.69, 9.17) is 23.7 Å². The van der Waals surface area contributed by atoms with Gasteiger partial charge in [0.15, 0.2) is 5.76 Å². The Bertz CT molecular complexity index is 1030. The molecule has 2 aromatic rings. The lowest BCUT2D eigenvalue weighted by Crippen LogP contribution is -2.34. The lowest BCUT2D eigenvalue weighted by Gasteiger charge is -2.27. The molecule has 1 aromatic heterocycles. The van der Waals surface area contributed by atoms with E-state index < -0.39 is 0 Å². The molecule has 1 aromatic carbocycles. The van der Waals surface area contributed by atoms with Gasteiger partial charge in [0.2, 0.25) is 0 Å². The van der Waals surface area contributed by atoms with E-state index >= 15 is 0 Å². The van der Waals surface area contributed by atoms with Crippen LogP contribution in [0.5, 0.6) is 5.75 Å². The summed E-state index contributed by atoms with van der Waals surface area (Å²) in [6.45, 7) is 5.83. The summed E-state index contributed by atoms with van der Waals surface area (Å²) in [5.74, 6) is 1.35. The van der Waals surface area contributed by atoms with E-state index in [0.717, 1.165) is 34.6 Å². The number of aromatic nitrogens is 1. The third-order valence-corrected chi connectivity index (χ3v) is 5.72. The van der Waals surface area contributed by atoms with Crippen LogP contribution in [0.1, 0.15) is 16.7 Å². The predicted octanol–water partition coefficient (Wildman–Crippen LogP) is 2.52. The van der Waals surface area contributed by atoms with Gasteiger partial charge in [-0.25, -0.2) is 0 Å². The van der Waals surface area contributed by atoms with Gasteiger partial charge in [0.1, 0.15) is 37.9 Å². The van der Waals surface area contributed by atoms with Gasteiger partial charge in [-0.1, -0.05) is 12.1 Å². The van der Waals surface area contributed by atoms with Crippen molar-refractivity contribution in [1.29, 1.82) is 0 Å². The molecule has 0 N–H and O–H groups in total. The Hall–Kier alpha value is -2.77. The SMILES string of the molecule is Cc1c(OC[C@@H]2COCCO2)cc(=O)n2c1-c1ccc(C3=COCCO3)cc1CC2. The van der Waals surface area contributed by atoms with Crippen LogP contribution in [0.15, 0.2) is 35.3 Å². The van der Waals surface area contributed by atoms with Crippen LogP contribution in [0, 0.1) is 6.92 Å². The fourth-order valence-electron chi connectivity index (χ4n) is 4.20. The first kappa shape index (κ1) is 19.2. The van der Waals surface area contributed by atoms with E-state index in [2.05, 4.69) is 12.1 Å². The quantitative estimate of drug-likeness (QED) is 0.770. The van der Waals surface area contributed by atoms with Crippen molar-refractivity contribution >= 4 is 5.76 Å².